The molecule has 0 spiro atoms. The van der Waals surface area contributed by atoms with Crippen molar-refractivity contribution in [3.8, 4) is 0 Å². The standard InChI is InChI=1S/C16H36N.C4H9N3O2/c1-5-9-13-17(14-10-6-2,15-11-7-3)16-12-8-4;1-9-3(8)2-7-4(5)6/h5-16H2,1-4H3;2H2,1H3,(H4,5,6,7)/q+1;. The van der Waals surface area contributed by atoms with Crippen LogP contribution in [0.25, 0.3) is 0 Å². The molecule has 0 aliphatic carbocycles. The molecule has 0 aromatic rings. The van der Waals surface area contributed by atoms with Crippen LogP contribution in [0.15, 0.2) is 4.99 Å². The average molecular weight is 374 g/mol. The van der Waals surface area contributed by atoms with Crippen LogP contribution < -0.4 is 11.5 Å². The first-order valence-electron chi connectivity index (χ1n) is 10.4. The number of aliphatic imine (C=N–C) groups is 1. The van der Waals surface area contributed by atoms with Gasteiger partial charge in [-0.3, -0.25) is 4.79 Å². The van der Waals surface area contributed by atoms with Crippen LogP contribution in [0.2, 0.25) is 0 Å². The Morgan fingerprint density at radius 2 is 1.15 bits per heavy atom. The first-order chi connectivity index (χ1) is 12.4. The fraction of sp³-hybridized carbons (Fsp3) is 0.900. The van der Waals surface area contributed by atoms with E-state index in [1.807, 2.05) is 0 Å². The smallest absolute Gasteiger partial charge is 0.327 e. The van der Waals surface area contributed by atoms with Gasteiger partial charge in [0.15, 0.2) is 5.96 Å². The summed E-state index contributed by atoms with van der Waals surface area (Å²) in [5.74, 6) is -0.566. The summed E-state index contributed by atoms with van der Waals surface area (Å²) in [6.45, 7) is 14.9. The molecule has 0 aromatic heterocycles. The summed E-state index contributed by atoms with van der Waals surface area (Å²) in [6.07, 6.45) is 11.1. The molecule has 0 heterocycles. The third-order valence-corrected chi connectivity index (χ3v) is 4.56. The van der Waals surface area contributed by atoms with Gasteiger partial charge in [-0.25, -0.2) is 4.99 Å². The maximum absolute atomic E-state index is 10.3. The zero-order chi connectivity index (χ0) is 20.3. The van der Waals surface area contributed by atoms with Crippen molar-refractivity contribution in [2.75, 3.05) is 39.8 Å². The van der Waals surface area contributed by atoms with Gasteiger partial charge in [0.05, 0.1) is 33.3 Å². The second kappa shape index (κ2) is 18.5. The molecule has 0 rings (SSSR count). The van der Waals surface area contributed by atoms with E-state index in [1.54, 1.807) is 0 Å². The molecule has 6 nitrogen and oxygen atoms in total. The number of nitrogens with two attached hydrogens (primary N) is 2. The molecule has 4 N–H and O–H groups in total. The first kappa shape index (κ1) is 26.9. The average Bonchev–Trinajstić information content (AvgIpc) is 2.65. The lowest BCUT2D eigenvalue weighted by molar-refractivity contribution is -0.929. The van der Waals surface area contributed by atoms with E-state index < -0.39 is 5.97 Å². The molecule has 0 atom stereocenters. The summed E-state index contributed by atoms with van der Waals surface area (Å²) < 4.78 is 5.66. The predicted molar refractivity (Wildman–Crippen MR) is 112 cm³/mol. The zero-order valence-corrected chi connectivity index (χ0v) is 18.1. The van der Waals surface area contributed by atoms with Crippen molar-refractivity contribution in [3.63, 3.8) is 0 Å². The number of nitrogens with zero attached hydrogens (tertiary/aromatic N) is 2. The van der Waals surface area contributed by atoms with Gasteiger partial charge in [-0.05, 0) is 25.7 Å². The molecule has 0 aliphatic rings. The molecule has 0 aliphatic heterocycles. The van der Waals surface area contributed by atoms with E-state index in [0.29, 0.717) is 0 Å². The number of ether oxygens (including phenoxy) is 1. The van der Waals surface area contributed by atoms with Gasteiger partial charge >= 0.3 is 5.97 Å². The van der Waals surface area contributed by atoms with E-state index in [-0.39, 0.29) is 12.5 Å². The van der Waals surface area contributed by atoms with Crippen LogP contribution in [-0.2, 0) is 9.53 Å². The molecule has 0 unspecified atom stereocenters. The highest BCUT2D eigenvalue weighted by Gasteiger charge is 2.24. The van der Waals surface area contributed by atoms with Crippen LogP contribution >= 0.6 is 0 Å². The highest BCUT2D eigenvalue weighted by molar-refractivity contribution is 5.80. The fourth-order valence-corrected chi connectivity index (χ4v) is 2.87. The summed E-state index contributed by atoms with van der Waals surface area (Å²) in [5.41, 5.74) is 9.83. The third-order valence-electron chi connectivity index (χ3n) is 4.56. The Labute approximate surface area is 161 Å². The first-order valence-corrected chi connectivity index (χ1v) is 10.4. The number of hydrogen-bond donors (Lipinski definition) is 2. The Bertz CT molecular complexity index is 318. The van der Waals surface area contributed by atoms with Crippen LogP contribution in [0.4, 0.5) is 0 Å². The maximum Gasteiger partial charge on any atom is 0.327 e. The summed E-state index contributed by atoms with van der Waals surface area (Å²) in [7, 11) is 1.27. The molecule has 0 saturated carbocycles. The maximum atomic E-state index is 10.3. The molecule has 0 saturated heterocycles. The molecular formula is C20H45N4O2+. The van der Waals surface area contributed by atoms with Crippen LogP contribution in [-0.4, -0.2) is 56.2 Å². The number of esters is 1. The summed E-state index contributed by atoms with van der Waals surface area (Å²) >= 11 is 0. The topological polar surface area (TPSA) is 90.7 Å². The minimum absolute atomic E-state index is 0.111. The van der Waals surface area contributed by atoms with E-state index in [2.05, 4.69) is 37.4 Å². The van der Waals surface area contributed by atoms with E-state index in [9.17, 15) is 4.79 Å². The van der Waals surface area contributed by atoms with Gasteiger partial charge in [-0.1, -0.05) is 53.4 Å². The molecule has 0 amide bonds. The van der Waals surface area contributed by atoms with Crippen LogP contribution in [0.1, 0.15) is 79.1 Å². The van der Waals surface area contributed by atoms with Gasteiger partial charge in [0, 0.05) is 0 Å². The zero-order valence-electron chi connectivity index (χ0n) is 18.1. The monoisotopic (exact) mass is 373 g/mol. The van der Waals surface area contributed by atoms with E-state index >= 15 is 0 Å². The summed E-state index contributed by atoms with van der Waals surface area (Å²) in [6, 6.07) is 0. The van der Waals surface area contributed by atoms with Gasteiger partial charge < -0.3 is 20.7 Å². The normalized spacial score (nSPS) is 10.7. The van der Waals surface area contributed by atoms with E-state index in [1.165, 1.54) is 89.1 Å². The van der Waals surface area contributed by atoms with Gasteiger partial charge in [-0.2, -0.15) is 0 Å². The second-order valence-electron chi connectivity index (χ2n) is 6.97. The Hall–Kier alpha value is -1.30. The Morgan fingerprint density at radius 1 is 0.808 bits per heavy atom. The number of carbonyl (C=O) groups is 1. The van der Waals surface area contributed by atoms with Crippen molar-refractivity contribution in [1.82, 2.24) is 0 Å². The van der Waals surface area contributed by atoms with Crippen molar-refractivity contribution >= 4 is 11.9 Å². The second-order valence-corrected chi connectivity index (χ2v) is 6.97. The lowest BCUT2D eigenvalue weighted by atomic mass is 10.1. The number of hydrogen-bond acceptors (Lipinski definition) is 3. The van der Waals surface area contributed by atoms with Gasteiger partial charge in [-0.15, -0.1) is 0 Å². The fourth-order valence-electron chi connectivity index (χ4n) is 2.87. The number of quaternary nitrogens is 1. The number of carbonyl (C=O) groups excluding carboxylic acids is 1. The quantitative estimate of drug-likeness (QED) is 0.211. The molecule has 0 radical (unpaired) electrons. The molecule has 156 valence electrons. The van der Waals surface area contributed by atoms with Crippen LogP contribution in [0.3, 0.4) is 0 Å². The summed E-state index contributed by atoms with van der Waals surface area (Å²) in [5, 5.41) is 0. The number of guanidine groups is 1. The Kier molecular flexibility index (Phi) is 19.1. The predicted octanol–water partition coefficient (Wildman–Crippen LogP) is 3.44. The largest absolute Gasteiger partial charge is 0.468 e. The number of rotatable bonds is 14. The molecule has 26 heavy (non-hydrogen) atoms. The van der Waals surface area contributed by atoms with E-state index in [0.717, 1.165) is 0 Å². The van der Waals surface area contributed by atoms with Crippen molar-refractivity contribution in [2.24, 2.45) is 16.5 Å². The van der Waals surface area contributed by atoms with Gasteiger partial charge in [0.25, 0.3) is 0 Å². The van der Waals surface area contributed by atoms with Crippen molar-refractivity contribution in [3.05, 3.63) is 0 Å². The third kappa shape index (κ3) is 16.2. The van der Waals surface area contributed by atoms with E-state index in [4.69, 9.17) is 11.5 Å². The minimum atomic E-state index is -0.455. The molecule has 0 bridgehead atoms. The van der Waals surface area contributed by atoms with Crippen molar-refractivity contribution < 1.29 is 14.0 Å². The lowest BCUT2D eigenvalue weighted by Crippen LogP contribution is -2.50. The Morgan fingerprint density at radius 3 is 1.38 bits per heavy atom. The van der Waals surface area contributed by atoms with Gasteiger partial charge in [0.1, 0.15) is 6.54 Å². The molecule has 0 aromatic carbocycles. The van der Waals surface area contributed by atoms with Gasteiger partial charge in [0.2, 0.25) is 0 Å². The van der Waals surface area contributed by atoms with Crippen LogP contribution in [0.5, 0.6) is 0 Å². The molecule has 0 fully saturated rings. The highest BCUT2D eigenvalue weighted by atomic mass is 16.5. The SMILES string of the molecule is CCCC[N+](CCCC)(CCCC)CCCC.COC(=O)CN=C(N)N. The lowest BCUT2D eigenvalue weighted by Gasteiger charge is -2.39. The Balaban J connectivity index is 0. The minimum Gasteiger partial charge on any atom is -0.468 e. The summed E-state index contributed by atoms with van der Waals surface area (Å²) in [4.78, 5) is 13.7. The van der Waals surface area contributed by atoms with Crippen molar-refractivity contribution in [2.45, 2.75) is 79.1 Å². The molecule has 6 heteroatoms. The number of methoxy groups -OCH3 is 1. The highest BCUT2D eigenvalue weighted by Crippen LogP contribution is 2.16. The molecular weight excluding hydrogens is 328 g/mol. The number of unbranched alkanes of at least 4 members (excludes halogenated alkanes) is 4. The van der Waals surface area contributed by atoms with Crippen molar-refractivity contribution in [1.29, 1.82) is 0 Å². The van der Waals surface area contributed by atoms with Crippen LogP contribution in [0, 0.1) is 0 Å².